The van der Waals surface area contributed by atoms with E-state index < -0.39 is 0 Å². The number of likely N-dealkylation sites (N-methyl/N-ethyl adjacent to an activating group) is 1. The Labute approximate surface area is 126 Å². The van der Waals surface area contributed by atoms with E-state index in [4.69, 9.17) is 4.74 Å². The van der Waals surface area contributed by atoms with Crippen molar-refractivity contribution in [3.63, 3.8) is 0 Å². The quantitative estimate of drug-likeness (QED) is 0.843. The second-order valence-corrected chi connectivity index (χ2v) is 5.52. The highest BCUT2D eigenvalue weighted by atomic mass is 16.5. The third-order valence-corrected chi connectivity index (χ3v) is 3.70. The first-order valence-electron chi connectivity index (χ1n) is 7.75. The maximum atomic E-state index is 5.81. The molecule has 0 bridgehead atoms. The average Bonchev–Trinajstić information content (AvgIpc) is 3.33. The smallest absolute Gasteiger partial charge is 0.119 e. The lowest BCUT2D eigenvalue weighted by Gasteiger charge is -2.18. The van der Waals surface area contributed by atoms with Crippen molar-refractivity contribution in [3.8, 4) is 5.75 Å². The molecule has 1 aliphatic rings. The van der Waals surface area contributed by atoms with Crippen LogP contribution in [0.2, 0.25) is 0 Å². The maximum Gasteiger partial charge on any atom is 0.119 e. The normalized spacial score (nSPS) is 15.7. The Bertz CT molecular complexity index is 549. The molecular formula is C18H22N2O. The van der Waals surface area contributed by atoms with Gasteiger partial charge in [0.05, 0.1) is 6.10 Å². The van der Waals surface area contributed by atoms with Crippen LogP contribution in [0, 0.1) is 0 Å². The average molecular weight is 282 g/mol. The molecule has 1 aliphatic carbocycles. The minimum Gasteiger partial charge on any atom is -0.490 e. The molecule has 1 heterocycles. The number of rotatable bonds is 7. The van der Waals surface area contributed by atoms with Crippen LogP contribution in [0.3, 0.4) is 0 Å². The van der Waals surface area contributed by atoms with Gasteiger partial charge in [0, 0.05) is 24.4 Å². The monoisotopic (exact) mass is 282 g/mol. The van der Waals surface area contributed by atoms with Crippen molar-refractivity contribution < 1.29 is 4.74 Å². The summed E-state index contributed by atoms with van der Waals surface area (Å²) in [6, 6.07) is 14.8. The minimum absolute atomic E-state index is 0.292. The van der Waals surface area contributed by atoms with E-state index in [1.807, 2.05) is 18.3 Å². The van der Waals surface area contributed by atoms with Crippen molar-refractivity contribution in [2.24, 2.45) is 0 Å². The Morgan fingerprint density at radius 2 is 2.00 bits per heavy atom. The van der Waals surface area contributed by atoms with Crippen LogP contribution in [0.5, 0.6) is 5.75 Å². The molecule has 1 aromatic heterocycles. The molecule has 0 aliphatic heterocycles. The fourth-order valence-electron chi connectivity index (χ4n) is 2.44. The largest absolute Gasteiger partial charge is 0.490 e. The van der Waals surface area contributed by atoms with Crippen LogP contribution in [0.15, 0.2) is 48.7 Å². The second-order valence-electron chi connectivity index (χ2n) is 5.52. The molecule has 1 saturated carbocycles. The Balaban J connectivity index is 1.70. The summed E-state index contributed by atoms with van der Waals surface area (Å²) in [5.74, 6) is 0.981. The van der Waals surface area contributed by atoms with Crippen LogP contribution < -0.4 is 10.1 Å². The molecule has 0 radical (unpaired) electrons. The Kier molecular flexibility index (Phi) is 4.51. The summed E-state index contributed by atoms with van der Waals surface area (Å²) in [7, 11) is 0. The van der Waals surface area contributed by atoms with Gasteiger partial charge in [-0.15, -0.1) is 0 Å². The zero-order valence-corrected chi connectivity index (χ0v) is 12.5. The fraction of sp³-hybridized carbons (Fsp3) is 0.389. The molecule has 21 heavy (non-hydrogen) atoms. The van der Waals surface area contributed by atoms with Crippen molar-refractivity contribution in [2.45, 2.75) is 38.3 Å². The van der Waals surface area contributed by atoms with E-state index >= 15 is 0 Å². The summed E-state index contributed by atoms with van der Waals surface area (Å²) in [4.78, 5) is 4.43. The van der Waals surface area contributed by atoms with Crippen LogP contribution in [0.1, 0.15) is 37.1 Å². The Hall–Kier alpha value is -1.87. The lowest BCUT2D eigenvalue weighted by molar-refractivity contribution is 0.303. The number of ether oxygens (including phenoxy) is 1. The number of benzene rings is 1. The summed E-state index contributed by atoms with van der Waals surface area (Å²) in [5.41, 5.74) is 2.40. The van der Waals surface area contributed by atoms with Crippen molar-refractivity contribution in [1.82, 2.24) is 10.3 Å². The number of nitrogens with one attached hydrogen (secondary N) is 1. The molecule has 0 spiro atoms. The van der Waals surface area contributed by atoms with Gasteiger partial charge in [-0.2, -0.15) is 0 Å². The first kappa shape index (κ1) is 14.1. The van der Waals surface area contributed by atoms with Crippen molar-refractivity contribution in [2.75, 3.05) is 6.54 Å². The lowest BCUT2D eigenvalue weighted by Crippen LogP contribution is -2.23. The fourth-order valence-corrected chi connectivity index (χ4v) is 2.44. The number of nitrogens with zero attached hydrogens (tertiary/aromatic N) is 1. The van der Waals surface area contributed by atoms with E-state index in [2.05, 4.69) is 47.6 Å². The van der Waals surface area contributed by atoms with Gasteiger partial charge in [0.25, 0.3) is 0 Å². The highest BCUT2D eigenvalue weighted by molar-refractivity contribution is 5.30. The number of hydrogen-bond acceptors (Lipinski definition) is 3. The Morgan fingerprint density at radius 3 is 2.62 bits per heavy atom. The van der Waals surface area contributed by atoms with Gasteiger partial charge in [-0.05, 0) is 49.2 Å². The molecule has 3 nitrogen and oxygen atoms in total. The van der Waals surface area contributed by atoms with Crippen LogP contribution in [-0.4, -0.2) is 17.6 Å². The lowest BCUT2D eigenvalue weighted by atomic mass is 10.0. The van der Waals surface area contributed by atoms with E-state index in [0.717, 1.165) is 24.4 Å². The first-order chi connectivity index (χ1) is 10.3. The van der Waals surface area contributed by atoms with Gasteiger partial charge in [-0.3, -0.25) is 4.98 Å². The van der Waals surface area contributed by atoms with Gasteiger partial charge in [0.15, 0.2) is 0 Å². The molecule has 0 saturated heterocycles. The number of aromatic nitrogens is 1. The molecule has 0 amide bonds. The van der Waals surface area contributed by atoms with Gasteiger partial charge in [-0.25, -0.2) is 0 Å². The molecule has 1 aromatic carbocycles. The van der Waals surface area contributed by atoms with Crippen LogP contribution in [0.25, 0.3) is 0 Å². The predicted octanol–water partition coefficient (Wildman–Crippen LogP) is 3.52. The topological polar surface area (TPSA) is 34.2 Å². The zero-order valence-electron chi connectivity index (χ0n) is 12.5. The molecule has 1 atom stereocenters. The minimum atomic E-state index is 0.292. The van der Waals surface area contributed by atoms with Gasteiger partial charge in [-0.1, -0.05) is 25.1 Å². The van der Waals surface area contributed by atoms with Gasteiger partial charge in [0.2, 0.25) is 0 Å². The van der Waals surface area contributed by atoms with Gasteiger partial charge >= 0.3 is 0 Å². The maximum absolute atomic E-state index is 5.81. The van der Waals surface area contributed by atoms with Crippen LogP contribution in [0.4, 0.5) is 0 Å². The summed E-state index contributed by atoms with van der Waals surface area (Å²) in [6.07, 6.45) is 5.60. The number of hydrogen-bond donors (Lipinski definition) is 1. The van der Waals surface area contributed by atoms with Crippen molar-refractivity contribution >= 4 is 0 Å². The molecule has 3 heteroatoms. The SMILES string of the molecule is CCNC(Cc1ccccn1)c1ccc(OC2CC2)cc1. The van der Waals surface area contributed by atoms with E-state index in [1.54, 1.807) is 0 Å². The highest BCUT2D eigenvalue weighted by Gasteiger charge is 2.23. The molecular weight excluding hydrogens is 260 g/mol. The summed E-state index contributed by atoms with van der Waals surface area (Å²) in [5, 5.41) is 3.54. The van der Waals surface area contributed by atoms with Crippen molar-refractivity contribution in [1.29, 1.82) is 0 Å². The molecule has 1 N–H and O–H groups in total. The third kappa shape index (κ3) is 4.05. The van der Waals surface area contributed by atoms with E-state index in [1.165, 1.54) is 18.4 Å². The number of pyridine rings is 1. The summed E-state index contributed by atoms with van der Waals surface area (Å²) in [6.45, 7) is 3.08. The molecule has 1 unspecified atom stereocenters. The van der Waals surface area contributed by atoms with Crippen LogP contribution in [-0.2, 0) is 6.42 Å². The third-order valence-electron chi connectivity index (χ3n) is 3.70. The van der Waals surface area contributed by atoms with Crippen molar-refractivity contribution in [3.05, 3.63) is 59.9 Å². The first-order valence-corrected chi connectivity index (χ1v) is 7.75. The highest BCUT2D eigenvalue weighted by Crippen LogP contribution is 2.28. The van der Waals surface area contributed by atoms with Gasteiger partial charge < -0.3 is 10.1 Å². The van der Waals surface area contributed by atoms with E-state index in [9.17, 15) is 0 Å². The Morgan fingerprint density at radius 1 is 1.19 bits per heavy atom. The zero-order chi connectivity index (χ0) is 14.5. The molecule has 1 fully saturated rings. The predicted molar refractivity (Wildman–Crippen MR) is 84.5 cm³/mol. The summed E-state index contributed by atoms with van der Waals surface area (Å²) >= 11 is 0. The summed E-state index contributed by atoms with van der Waals surface area (Å²) < 4.78 is 5.81. The van der Waals surface area contributed by atoms with E-state index in [0.29, 0.717) is 12.1 Å². The second kappa shape index (κ2) is 6.72. The molecule has 2 aromatic rings. The molecule has 3 rings (SSSR count). The standard InChI is InChI=1S/C18H22N2O/c1-2-19-18(13-15-5-3-4-12-20-15)14-6-8-16(9-7-14)21-17-10-11-17/h3-9,12,17-19H,2,10-11,13H2,1H3. The van der Waals surface area contributed by atoms with Gasteiger partial charge in [0.1, 0.15) is 5.75 Å². The molecule has 110 valence electrons. The van der Waals surface area contributed by atoms with E-state index in [-0.39, 0.29) is 0 Å². The van der Waals surface area contributed by atoms with Crippen LogP contribution >= 0.6 is 0 Å².